The Bertz CT molecular complexity index is 745. The highest BCUT2D eigenvalue weighted by Crippen LogP contribution is 2.30. The van der Waals surface area contributed by atoms with Crippen molar-refractivity contribution >= 4 is 33.1 Å². The quantitative estimate of drug-likeness (QED) is 0.722. The molecule has 0 radical (unpaired) electrons. The predicted molar refractivity (Wildman–Crippen MR) is 95.7 cm³/mol. The molecule has 1 fully saturated rings. The van der Waals surface area contributed by atoms with Crippen LogP contribution in [0.5, 0.6) is 0 Å². The van der Waals surface area contributed by atoms with Crippen LogP contribution >= 0.6 is 11.3 Å². The standard InChI is InChI=1S/C17H23NO5S2/c1-2-18(13-7-8-25(21,22)11-13)16(19)10-23-17(20)15-9-12-5-3-4-6-14(12)24-15/h9,13H,2-8,10-11H2,1H3. The fourth-order valence-electron chi connectivity index (χ4n) is 3.53. The van der Waals surface area contributed by atoms with E-state index >= 15 is 0 Å². The molecule has 25 heavy (non-hydrogen) atoms. The first-order valence-electron chi connectivity index (χ1n) is 8.68. The molecule has 1 amide bonds. The van der Waals surface area contributed by atoms with E-state index < -0.39 is 15.8 Å². The van der Waals surface area contributed by atoms with Crippen LogP contribution in [0.15, 0.2) is 6.07 Å². The summed E-state index contributed by atoms with van der Waals surface area (Å²) in [5.41, 5.74) is 1.22. The van der Waals surface area contributed by atoms with Crippen LogP contribution in [0, 0.1) is 0 Å². The Balaban J connectivity index is 1.57. The van der Waals surface area contributed by atoms with E-state index in [1.807, 2.05) is 6.07 Å². The molecular formula is C17H23NO5S2. The Morgan fingerprint density at radius 3 is 2.72 bits per heavy atom. The van der Waals surface area contributed by atoms with Gasteiger partial charge in [-0.05, 0) is 50.7 Å². The minimum Gasteiger partial charge on any atom is -0.451 e. The lowest BCUT2D eigenvalue weighted by Gasteiger charge is -2.26. The number of hydrogen-bond donors (Lipinski definition) is 0. The highest BCUT2D eigenvalue weighted by atomic mass is 32.2. The third-order valence-corrected chi connectivity index (χ3v) is 7.80. The van der Waals surface area contributed by atoms with Gasteiger partial charge in [-0.2, -0.15) is 0 Å². The van der Waals surface area contributed by atoms with Crippen molar-refractivity contribution in [3.8, 4) is 0 Å². The van der Waals surface area contributed by atoms with Gasteiger partial charge in [0.2, 0.25) is 0 Å². The van der Waals surface area contributed by atoms with Crippen LogP contribution in [-0.4, -0.2) is 55.9 Å². The number of rotatable bonds is 5. The van der Waals surface area contributed by atoms with Gasteiger partial charge in [-0.15, -0.1) is 11.3 Å². The molecule has 6 nitrogen and oxygen atoms in total. The summed E-state index contributed by atoms with van der Waals surface area (Å²) < 4.78 is 28.4. The Morgan fingerprint density at radius 1 is 1.32 bits per heavy atom. The molecular weight excluding hydrogens is 362 g/mol. The monoisotopic (exact) mass is 385 g/mol. The van der Waals surface area contributed by atoms with Crippen LogP contribution in [0.25, 0.3) is 0 Å². The van der Waals surface area contributed by atoms with Gasteiger partial charge in [-0.25, -0.2) is 13.2 Å². The van der Waals surface area contributed by atoms with Gasteiger partial charge >= 0.3 is 5.97 Å². The first-order chi connectivity index (χ1) is 11.9. The van der Waals surface area contributed by atoms with Crippen LogP contribution in [0.1, 0.15) is 46.3 Å². The number of amides is 1. The maximum atomic E-state index is 12.4. The number of nitrogens with zero attached hydrogens (tertiary/aromatic N) is 1. The van der Waals surface area contributed by atoms with Crippen molar-refractivity contribution in [2.45, 2.75) is 45.1 Å². The van der Waals surface area contributed by atoms with Crippen LogP contribution in [-0.2, 0) is 32.2 Å². The molecule has 1 saturated heterocycles. The molecule has 1 aromatic heterocycles. The molecule has 1 unspecified atom stereocenters. The molecule has 1 aliphatic carbocycles. The zero-order chi connectivity index (χ0) is 18.0. The van der Waals surface area contributed by atoms with E-state index in [1.54, 1.807) is 6.92 Å². The summed E-state index contributed by atoms with van der Waals surface area (Å²) in [5.74, 6) is -0.692. The minimum atomic E-state index is -3.06. The van der Waals surface area contributed by atoms with Crippen molar-refractivity contribution in [3.63, 3.8) is 0 Å². The maximum absolute atomic E-state index is 12.4. The summed E-state index contributed by atoms with van der Waals surface area (Å²) in [6, 6.07) is 1.57. The summed E-state index contributed by atoms with van der Waals surface area (Å²) in [5, 5.41) is 0. The molecule has 1 aliphatic heterocycles. The van der Waals surface area contributed by atoms with Gasteiger partial charge in [-0.3, -0.25) is 4.79 Å². The van der Waals surface area contributed by atoms with Crippen LogP contribution < -0.4 is 0 Å². The molecule has 2 aliphatic rings. The molecule has 138 valence electrons. The topological polar surface area (TPSA) is 80.8 Å². The van der Waals surface area contributed by atoms with Crippen LogP contribution in [0.3, 0.4) is 0 Å². The number of thiophene rings is 1. The lowest BCUT2D eigenvalue weighted by molar-refractivity contribution is -0.136. The van der Waals surface area contributed by atoms with Gasteiger partial charge in [0.05, 0.1) is 11.5 Å². The number of aryl methyl sites for hydroxylation is 2. The molecule has 0 aromatic carbocycles. The zero-order valence-corrected chi connectivity index (χ0v) is 16.0. The largest absolute Gasteiger partial charge is 0.451 e. The van der Waals surface area contributed by atoms with Gasteiger partial charge in [0.15, 0.2) is 16.4 Å². The zero-order valence-electron chi connectivity index (χ0n) is 14.3. The van der Waals surface area contributed by atoms with E-state index in [-0.39, 0.29) is 30.1 Å². The molecule has 1 atom stereocenters. The first-order valence-corrected chi connectivity index (χ1v) is 11.3. The van der Waals surface area contributed by atoms with Crippen molar-refractivity contribution in [3.05, 3.63) is 21.4 Å². The number of likely N-dealkylation sites (N-methyl/N-ethyl adjacent to an activating group) is 1. The van der Waals surface area contributed by atoms with E-state index in [9.17, 15) is 18.0 Å². The SMILES string of the molecule is CCN(C(=O)COC(=O)c1cc2c(s1)CCCC2)C1CCS(=O)(=O)C1. The summed E-state index contributed by atoms with van der Waals surface area (Å²) in [6.07, 6.45) is 4.75. The van der Waals surface area contributed by atoms with Crippen molar-refractivity contribution in [1.82, 2.24) is 4.90 Å². The molecule has 0 saturated carbocycles. The van der Waals surface area contributed by atoms with Crippen LogP contribution in [0.2, 0.25) is 0 Å². The van der Waals surface area contributed by atoms with E-state index in [1.165, 1.54) is 26.7 Å². The molecule has 3 rings (SSSR count). The Labute approximate surface area is 152 Å². The number of carbonyl (C=O) groups excluding carboxylic acids is 2. The van der Waals surface area contributed by atoms with Gasteiger partial charge in [0.1, 0.15) is 4.88 Å². The molecule has 0 bridgehead atoms. The number of hydrogen-bond acceptors (Lipinski definition) is 6. The average Bonchev–Trinajstić information content (AvgIpc) is 3.16. The molecule has 0 N–H and O–H groups in total. The number of carbonyl (C=O) groups is 2. The second-order valence-electron chi connectivity index (χ2n) is 6.58. The predicted octanol–water partition coefficient (Wildman–Crippen LogP) is 1.82. The number of sulfone groups is 1. The highest BCUT2D eigenvalue weighted by molar-refractivity contribution is 7.91. The molecule has 2 heterocycles. The lowest BCUT2D eigenvalue weighted by Crippen LogP contribution is -2.43. The van der Waals surface area contributed by atoms with Gasteiger partial charge in [-0.1, -0.05) is 0 Å². The van der Waals surface area contributed by atoms with Gasteiger partial charge < -0.3 is 9.64 Å². The van der Waals surface area contributed by atoms with Crippen molar-refractivity contribution in [2.75, 3.05) is 24.7 Å². The van der Waals surface area contributed by atoms with Gasteiger partial charge in [0, 0.05) is 17.5 Å². The maximum Gasteiger partial charge on any atom is 0.348 e. The fourth-order valence-corrected chi connectivity index (χ4v) is 6.41. The number of fused-ring (bicyclic) bond motifs is 1. The van der Waals surface area contributed by atoms with Crippen molar-refractivity contribution in [2.24, 2.45) is 0 Å². The van der Waals surface area contributed by atoms with Crippen molar-refractivity contribution < 1.29 is 22.7 Å². The van der Waals surface area contributed by atoms with Crippen molar-refractivity contribution in [1.29, 1.82) is 0 Å². The third-order valence-electron chi connectivity index (χ3n) is 4.83. The fraction of sp³-hybridized carbons (Fsp3) is 0.647. The third kappa shape index (κ3) is 4.23. The first kappa shape index (κ1) is 18.4. The second kappa shape index (κ2) is 7.45. The minimum absolute atomic E-state index is 0.00181. The Morgan fingerprint density at radius 2 is 2.08 bits per heavy atom. The van der Waals surface area contributed by atoms with Gasteiger partial charge in [0.25, 0.3) is 5.91 Å². The summed E-state index contributed by atoms with van der Waals surface area (Å²) in [7, 11) is -3.06. The summed E-state index contributed by atoms with van der Waals surface area (Å²) in [4.78, 5) is 27.9. The number of esters is 1. The lowest BCUT2D eigenvalue weighted by atomic mass is 9.99. The highest BCUT2D eigenvalue weighted by Gasteiger charge is 2.34. The summed E-state index contributed by atoms with van der Waals surface area (Å²) in [6.45, 7) is 1.87. The second-order valence-corrected chi connectivity index (χ2v) is 9.94. The average molecular weight is 386 g/mol. The molecule has 0 spiro atoms. The molecule has 8 heteroatoms. The number of ether oxygens (including phenoxy) is 1. The van der Waals surface area contributed by atoms with E-state index in [0.717, 1.165) is 25.7 Å². The van der Waals surface area contributed by atoms with E-state index in [0.29, 0.717) is 17.8 Å². The normalized spacial score (nSPS) is 21.6. The van der Waals surface area contributed by atoms with E-state index in [4.69, 9.17) is 4.74 Å². The molecule has 1 aromatic rings. The summed E-state index contributed by atoms with van der Waals surface area (Å²) >= 11 is 1.46. The van der Waals surface area contributed by atoms with E-state index in [2.05, 4.69) is 0 Å². The Kier molecular flexibility index (Phi) is 5.48. The Hall–Kier alpha value is -1.41. The smallest absolute Gasteiger partial charge is 0.348 e. The van der Waals surface area contributed by atoms with Crippen LogP contribution in [0.4, 0.5) is 0 Å².